The van der Waals surface area contributed by atoms with Gasteiger partial charge in [0.1, 0.15) is 0 Å². The Bertz CT molecular complexity index is 418. The highest BCUT2D eigenvalue weighted by atomic mass is 35.5. The molecule has 1 atom stereocenters. The average Bonchev–Trinajstić information content (AvgIpc) is 3.08. The quantitative estimate of drug-likeness (QED) is 0.860. The van der Waals surface area contributed by atoms with Crippen LogP contribution in [0, 0.1) is 40.5 Å². The molecule has 0 saturated heterocycles. The molecule has 0 aliphatic heterocycles. The van der Waals surface area contributed by atoms with Crippen molar-refractivity contribution in [2.75, 3.05) is 0 Å². The van der Waals surface area contributed by atoms with Gasteiger partial charge in [-0.1, -0.05) is 12.8 Å². The third-order valence-electron chi connectivity index (χ3n) is 4.71. The predicted molar refractivity (Wildman–Crippen MR) is 81.6 cm³/mol. The van der Waals surface area contributed by atoms with E-state index in [1.165, 1.54) is 52.6 Å². The minimum Gasteiger partial charge on any atom is -0.324 e. The second-order valence-electron chi connectivity index (χ2n) is 5.82. The molecule has 2 N–H and O–H groups in total. The molecule has 1 aliphatic carbocycles. The largest absolute Gasteiger partial charge is 0.324 e. The Labute approximate surface area is 118 Å². The minimum atomic E-state index is 0. The molecule has 102 valence electrons. The number of nitrogens with two attached hydrogens (primary N) is 1. The fourth-order valence-corrected chi connectivity index (χ4v) is 2.92. The molecule has 1 saturated carbocycles. The van der Waals surface area contributed by atoms with Crippen LogP contribution in [0.2, 0.25) is 0 Å². The molecule has 0 bridgehead atoms. The summed E-state index contributed by atoms with van der Waals surface area (Å²) in [4.78, 5) is 0. The lowest BCUT2D eigenvalue weighted by molar-refractivity contribution is 0.590. The van der Waals surface area contributed by atoms with E-state index in [4.69, 9.17) is 5.73 Å². The van der Waals surface area contributed by atoms with E-state index >= 15 is 0 Å². The summed E-state index contributed by atoms with van der Waals surface area (Å²) in [5, 5.41) is 0. The van der Waals surface area contributed by atoms with E-state index in [-0.39, 0.29) is 18.4 Å². The van der Waals surface area contributed by atoms with Crippen molar-refractivity contribution in [1.82, 2.24) is 0 Å². The lowest BCUT2D eigenvalue weighted by atomic mass is 9.85. The molecule has 1 aromatic carbocycles. The van der Waals surface area contributed by atoms with Gasteiger partial charge in [-0.25, -0.2) is 0 Å². The molecule has 1 aliphatic rings. The molecule has 0 unspecified atom stereocenters. The SMILES string of the molecule is Cc1c(C)c(C)c([C@@H](N)CC2CC2)c(C)c1C.Cl. The van der Waals surface area contributed by atoms with Crippen molar-refractivity contribution in [1.29, 1.82) is 0 Å². The number of halogens is 1. The fraction of sp³-hybridized carbons (Fsp3) is 0.625. The molecule has 0 heterocycles. The number of rotatable bonds is 3. The van der Waals surface area contributed by atoms with E-state index in [9.17, 15) is 0 Å². The van der Waals surface area contributed by atoms with Crippen LogP contribution >= 0.6 is 12.4 Å². The summed E-state index contributed by atoms with van der Waals surface area (Å²) in [5.41, 5.74) is 15.0. The first-order valence-corrected chi connectivity index (χ1v) is 6.76. The van der Waals surface area contributed by atoms with Crippen LogP contribution in [0.5, 0.6) is 0 Å². The second-order valence-corrected chi connectivity index (χ2v) is 5.82. The highest BCUT2D eigenvalue weighted by Crippen LogP contribution is 2.39. The van der Waals surface area contributed by atoms with Crippen LogP contribution in [0.4, 0.5) is 0 Å². The Balaban J connectivity index is 0.00000162. The van der Waals surface area contributed by atoms with E-state index in [1.54, 1.807) is 0 Å². The van der Waals surface area contributed by atoms with Gasteiger partial charge in [-0.3, -0.25) is 0 Å². The number of hydrogen-bond donors (Lipinski definition) is 1. The van der Waals surface area contributed by atoms with Gasteiger partial charge in [0.2, 0.25) is 0 Å². The van der Waals surface area contributed by atoms with Gasteiger partial charge < -0.3 is 5.73 Å². The minimum absolute atomic E-state index is 0. The van der Waals surface area contributed by atoms with E-state index < -0.39 is 0 Å². The molecular formula is C16H26ClN. The summed E-state index contributed by atoms with van der Waals surface area (Å²) < 4.78 is 0. The summed E-state index contributed by atoms with van der Waals surface area (Å²) >= 11 is 0. The van der Waals surface area contributed by atoms with Gasteiger partial charge in [0, 0.05) is 6.04 Å². The Morgan fingerprint density at radius 1 is 0.889 bits per heavy atom. The Kier molecular flexibility index (Phi) is 4.85. The zero-order valence-electron chi connectivity index (χ0n) is 12.3. The molecule has 0 amide bonds. The van der Waals surface area contributed by atoms with Gasteiger partial charge in [-0.2, -0.15) is 0 Å². The molecule has 2 rings (SSSR count). The normalized spacial score (nSPS) is 16.3. The first kappa shape index (κ1) is 15.5. The zero-order chi connectivity index (χ0) is 12.7. The smallest absolute Gasteiger partial charge is 0.0302 e. The maximum Gasteiger partial charge on any atom is 0.0302 e. The van der Waals surface area contributed by atoms with E-state index in [0.717, 1.165) is 5.92 Å². The zero-order valence-corrected chi connectivity index (χ0v) is 13.1. The lowest BCUT2D eigenvalue weighted by Gasteiger charge is -2.23. The third kappa shape index (κ3) is 2.73. The van der Waals surface area contributed by atoms with Crippen molar-refractivity contribution in [3.05, 3.63) is 33.4 Å². The lowest BCUT2D eigenvalue weighted by Crippen LogP contribution is -2.16. The number of benzene rings is 1. The monoisotopic (exact) mass is 267 g/mol. The maximum absolute atomic E-state index is 6.43. The van der Waals surface area contributed by atoms with Gasteiger partial charge in [0.15, 0.2) is 0 Å². The first-order chi connectivity index (χ1) is 7.93. The van der Waals surface area contributed by atoms with Crippen LogP contribution in [0.3, 0.4) is 0 Å². The summed E-state index contributed by atoms with van der Waals surface area (Å²) in [6.07, 6.45) is 3.94. The van der Waals surface area contributed by atoms with Gasteiger partial charge in [0.25, 0.3) is 0 Å². The van der Waals surface area contributed by atoms with Crippen molar-refractivity contribution in [2.45, 2.75) is 59.9 Å². The van der Waals surface area contributed by atoms with E-state index in [0.29, 0.717) is 0 Å². The summed E-state index contributed by atoms with van der Waals surface area (Å²) in [7, 11) is 0. The average molecular weight is 268 g/mol. The van der Waals surface area contributed by atoms with Crippen molar-refractivity contribution in [3.8, 4) is 0 Å². The highest BCUT2D eigenvalue weighted by molar-refractivity contribution is 5.85. The van der Waals surface area contributed by atoms with Crippen LogP contribution < -0.4 is 5.73 Å². The number of hydrogen-bond acceptors (Lipinski definition) is 1. The molecule has 1 aromatic rings. The van der Waals surface area contributed by atoms with Crippen molar-refractivity contribution >= 4 is 12.4 Å². The second kappa shape index (κ2) is 5.63. The Morgan fingerprint density at radius 2 is 1.28 bits per heavy atom. The van der Waals surface area contributed by atoms with Crippen molar-refractivity contribution in [3.63, 3.8) is 0 Å². The van der Waals surface area contributed by atoms with Crippen LogP contribution in [-0.2, 0) is 0 Å². The maximum atomic E-state index is 6.43. The molecule has 0 aromatic heterocycles. The molecule has 0 radical (unpaired) electrons. The van der Waals surface area contributed by atoms with Crippen LogP contribution in [0.15, 0.2) is 0 Å². The Hall–Kier alpha value is -0.530. The van der Waals surface area contributed by atoms with Gasteiger partial charge >= 0.3 is 0 Å². The van der Waals surface area contributed by atoms with Crippen molar-refractivity contribution < 1.29 is 0 Å². The summed E-state index contributed by atoms with van der Waals surface area (Å²) in [6.45, 7) is 11.1. The molecule has 1 nitrogen and oxygen atoms in total. The highest BCUT2D eigenvalue weighted by Gasteiger charge is 2.26. The van der Waals surface area contributed by atoms with Crippen LogP contribution in [-0.4, -0.2) is 0 Å². The molecule has 18 heavy (non-hydrogen) atoms. The summed E-state index contributed by atoms with van der Waals surface area (Å²) in [5.74, 6) is 0.894. The third-order valence-corrected chi connectivity index (χ3v) is 4.71. The van der Waals surface area contributed by atoms with E-state index in [2.05, 4.69) is 34.6 Å². The van der Waals surface area contributed by atoms with Crippen LogP contribution in [0.25, 0.3) is 0 Å². The fourth-order valence-electron chi connectivity index (χ4n) is 2.92. The molecule has 1 fully saturated rings. The predicted octanol–water partition coefficient (Wildman–Crippen LogP) is 4.45. The molecular weight excluding hydrogens is 242 g/mol. The molecule has 2 heteroatoms. The van der Waals surface area contributed by atoms with E-state index in [1.807, 2.05) is 0 Å². The topological polar surface area (TPSA) is 26.0 Å². The first-order valence-electron chi connectivity index (χ1n) is 6.76. The van der Waals surface area contributed by atoms with Gasteiger partial charge in [-0.05, 0) is 80.3 Å². The van der Waals surface area contributed by atoms with Crippen molar-refractivity contribution in [2.24, 2.45) is 11.7 Å². The van der Waals surface area contributed by atoms with Crippen LogP contribution in [0.1, 0.15) is 58.7 Å². The standard InChI is InChI=1S/C16H25N.ClH/c1-9-10(2)12(4)16(13(5)11(9)3)15(17)8-14-6-7-14;/h14-15H,6-8,17H2,1-5H3;1H/t15-;/m0./s1. The van der Waals surface area contributed by atoms with Gasteiger partial charge in [-0.15, -0.1) is 12.4 Å². The van der Waals surface area contributed by atoms with Gasteiger partial charge in [0.05, 0.1) is 0 Å². The molecule has 0 spiro atoms. The summed E-state index contributed by atoms with van der Waals surface area (Å²) in [6, 6.07) is 0.237. The Morgan fingerprint density at radius 3 is 1.67 bits per heavy atom.